The number of nitrogens with zero attached hydrogens (tertiary/aromatic N) is 2. The van der Waals surface area contributed by atoms with Gasteiger partial charge in [-0.3, -0.25) is 4.79 Å². The zero-order valence-electron chi connectivity index (χ0n) is 13.3. The summed E-state index contributed by atoms with van der Waals surface area (Å²) in [6.07, 6.45) is 5.21. The van der Waals surface area contributed by atoms with Gasteiger partial charge >= 0.3 is 0 Å². The third-order valence-corrected chi connectivity index (χ3v) is 4.77. The molecule has 1 saturated heterocycles. The molecular formula is C18H21N3O2. The van der Waals surface area contributed by atoms with Crippen LogP contribution >= 0.6 is 0 Å². The lowest BCUT2D eigenvalue weighted by Gasteiger charge is -2.34. The zero-order valence-corrected chi connectivity index (χ0v) is 13.3. The van der Waals surface area contributed by atoms with Crippen molar-refractivity contribution in [3.63, 3.8) is 0 Å². The fraction of sp³-hybridized carbons (Fsp3) is 0.444. The van der Waals surface area contributed by atoms with Gasteiger partial charge in [-0.2, -0.15) is 0 Å². The van der Waals surface area contributed by atoms with E-state index in [-0.39, 0.29) is 11.9 Å². The van der Waals surface area contributed by atoms with E-state index in [4.69, 9.17) is 4.74 Å². The topological polar surface area (TPSA) is 58.2 Å². The Bertz CT molecular complexity index is 738. The number of aromatic amines is 1. The van der Waals surface area contributed by atoms with Crippen LogP contribution in [0, 0.1) is 6.92 Å². The van der Waals surface area contributed by atoms with Gasteiger partial charge in [0.15, 0.2) is 0 Å². The average Bonchev–Trinajstić information content (AvgIpc) is 3.22. The van der Waals surface area contributed by atoms with Gasteiger partial charge in [-0.1, -0.05) is 6.07 Å². The molecule has 1 amide bonds. The lowest BCUT2D eigenvalue weighted by atomic mass is 10.0. The first-order valence-corrected chi connectivity index (χ1v) is 8.24. The maximum absolute atomic E-state index is 13.0. The summed E-state index contributed by atoms with van der Waals surface area (Å²) in [5.74, 6) is 0.874. The van der Waals surface area contributed by atoms with E-state index in [0.29, 0.717) is 19.8 Å². The first-order valence-electron chi connectivity index (χ1n) is 8.24. The summed E-state index contributed by atoms with van der Waals surface area (Å²) >= 11 is 0. The molecule has 1 aliphatic heterocycles. The van der Waals surface area contributed by atoms with Crippen LogP contribution in [0.25, 0.3) is 0 Å². The monoisotopic (exact) mass is 311 g/mol. The van der Waals surface area contributed by atoms with Crippen molar-refractivity contribution in [2.75, 3.05) is 19.8 Å². The Morgan fingerprint density at radius 2 is 2.22 bits per heavy atom. The van der Waals surface area contributed by atoms with Crippen molar-refractivity contribution in [2.45, 2.75) is 32.2 Å². The number of nitrogens with one attached hydrogen (secondary N) is 1. The second-order valence-electron chi connectivity index (χ2n) is 6.38. The number of hydrogen-bond acceptors (Lipinski definition) is 3. The number of carbonyl (C=O) groups excluding carboxylic acids is 1. The van der Waals surface area contributed by atoms with Crippen molar-refractivity contribution < 1.29 is 9.53 Å². The van der Waals surface area contributed by atoms with Crippen molar-refractivity contribution in [2.24, 2.45) is 0 Å². The number of H-pyrrole nitrogens is 1. The number of rotatable bonds is 2. The molecule has 120 valence electrons. The quantitative estimate of drug-likeness (QED) is 0.926. The molecule has 0 saturated carbocycles. The van der Waals surface area contributed by atoms with Crippen LogP contribution in [-0.2, 0) is 17.6 Å². The summed E-state index contributed by atoms with van der Waals surface area (Å²) in [6, 6.07) is 6.01. The number of benzene rings is 1. The van der Waals surface area contributed by atoms with E-state index in [1.54, 1.807) is 6.20 Å². The fourth-order valence-electron chi connectivity index (χ4n) is 3.55. The molecule has 1 aliphatic carbocycles. The van der Waals surface area contributed by atoms with Crippen LogP contribution in [0.5, 0.6) is 0 Å². The number of aryl methyl sites for hydroxylation is 3. The number of amides is 1. The van der Waals surface area contributed by atoms with Crippen LogP contribution in [0.3, 0.4) is 0 Å². The number of hydrogen-bond donors (Lipinski definition) is 1. The van der Waals surface area contributed by atoms with Gasteiger partial charge in [-0.25, -0.2) is 4.98 Å². The van der Waals surface area contributed by atoms with E-state index in [1.807, 2.05) is 17.9 Å². The molecule has 2 aromatic rings. The van der Waals surface area contributed by atoms with Crippen molar-refractivity contribution in [3.05, 3.63) is 52.6 Å². The van der Waals surface area contributed by atoms with Crippen LogP contribution in [0.4, 0.5) is 0 Å². The number of ether oxygens (including phenoxy) is 1. The highest BCUT2D eigenvalue weighted by Gasteiger charge is 2.31. The third-order valence-electron chi connectivity index (χ3n) is 4.77. The maximum atomic E-state index is 13.0. The Balaban J connectivity index is 1.62. The lowest BCUT2D eigenvalue weighted by Crippen LogP contribution is -2.43. The second kappa shape index (κ2) is 5.81. The smallest absolute Gasteiger partial charge is 0.254 e. The van der Waals surface area contributed by atoms with Crippen LogP contribution in [0.2, 0.25) is 0 Å². The van der Waals surface area contributed by atoms with Crippen LogP contribution in [0.15, 0.2) is 24.4 Å². The number of aromatic nitrogens is 2. The minimum Gasteiger partial charge on any atom is -0.377 e. The molecule has 1 N–H and O–H groups in total. The van der Waals surface area contributed by atoms with E-state index in [2.05, 4.69) is 22.1 Å². The van der Waals surface area contributed by atoms with Crippen LogP contribution in [-0.4, -0.2) is 40.5 Å². The van der Waals surface area contributed by atoms with Gasteiger partial charge in [0.25, 0.3) is 5.91 Å². The van der Waals surface area contributed by atoms with E-state index in [0.717, 1.165) is 29.9 Å². The van der Waals surface area contributed by atoms with Gasteiger partial charge in [0.1, 0.15) is 11.9 Å². The van der Waals surface area contributed by atoms with E-state index in [1.165, 1.54) is 17.5 Å². The molecule has 5 nitrogen and oxygen atoms in total. The molecule has 1 fully saturated rings. The van der Waals surface area contributed by atoms with Gasteiger partial charge in [-0.15, -0.1) is 0 Å². The van der Waals surface area contributed by atoms with Gasteiger partial charge < -0.3 is 14.6 Å². The van der Waals surface area contributed by atoms with Crippen LogP contribution < -0.4 is 0 Å². The first-order chi connectivity index (χ1) is 11.2. The molecule has 2 heterocycles. The average molecular weight is 311 g/mol. The SMILES string of the molecule is Cc1cnc([C@@H]2COCCN2C(=O)c2ccc3c(c2)CCC3)[nH]1. The molecule has 1 aromatic heterocycles. The van der Waals surface area contributed by atoms with Crippen molar-refractivity contribution in [3.8, 4) is 0 Å². The first kappa shape index (κ1) is 14.5. The third kappa shape index (κ3) is 2.65. The highest BCUT2D eigenvalue weighted by Crippen LogP contribution is 2.27. The molecule has 1 aromatic carbocycles. The minimum absolute atomic E-state index is 0.0713. The lowest BCUT2D eigenvalue weighted by molar-refractivity contribution is -0.00501. The van der Waals surface area contributed by atoms with Gasteiger partial charge in [0.2, 0.25) is 0 Å². The summed E-state index contributed by atoms with van der Waals surface area (Å²) < 4.78 is 5.58. The number of morpholine rings is 1. The molecule has 23 heavy (non-hydrogen) atoms. The molecule has 0 unspecified atom stereocenters. The van der Waals surface area contributed by atoms with Crippen molar-refractivity contribution in [1.82, 2.24) is 14.9 Å². The molecule has 0 bridgehead atoms. The maximum Gasteiger partial charge on any atom is 0.254 e. The standard InChI is InChI=1S/C18H21N3O2/c1-12-10-19-17(20-12)16-11-23-8-7-21(16)18(22)15-6-5-13-3-2-4-14(13)9-15/h5-6,9-10,16H,2-4,7-8,11H2,1H3,(H,19,20)/t16-/m0/s1. The molecule has 5 heteroatoms. The molecule has 1 atom stereocenters. The van der Waals surface area contributed by atoms with E-state index in [9.17, 15) is 4.79 Å². The molecule has 2 aliphatic rings. The fourth-order valence-corrected chi connectivity index (χ4v) is 3.55. The predicted octanol–water partition coefficient (Wildman–Crippen LogP) is 2.42. The molecule has 0 spiro atoms. The summed E-state index contributed by atoms with van der Waals surface area (Å²) in [5, 5.41) is 0. The van der Waals surface area contributed by atoms with Crippen molar-refractivity contribution >= 4 is 5.91 Å². The number of imidazole rings is 1. The van der Waals surface area contributed by atoms with E-state index < -0.39 is 0 Å². The van der Waals surface area contributed by atoms with Crippen molar-refractivity contribution in [1.29, 1.82) is 0 Å². The number of carbonyl (C=O) groups is 1. The Labute approximate surface area is 135 Å². The summed E-state index contributed by atoms with van der Waals surface area (Å²) in [4.78, 5) is 22.5. The highest BCUT2D eigenvalue weighted by molar-refractivity contribution is 5.95. The van der Waals surface area contributed by atoms with Crippen LogP contribution in [0.1, 0.15) is 45.5 Å². The summed E-state index contributed by atoms with van der Waals surface area (Å²) in [5.41, 5.74) is 4.49. The number of fused-ring (bicyclic) bond motifs is 1. The molecule has 4 rings (SSSR count). The van der Waals surface area contributed by atoms with E-state index >= 15 is 0 Å². The Kier molecular flexibility index (Phi) is 3.65. The molecular weight excluding hydrogens is 290 g/mol. The molecule has 0 radical (unpaired) electrons. The second-order valence-corrected chi connectivity index (χ2v) is 6.38. The summed E-state index contributed by atoms with van der Waals surface area (Å²) in [7, 11) is 0. The normalized spacial score (nSPS) is 20.6. The Morgan fingerprint density at radius 1 is 1.35 bits per heavy atom. The highest BCUT2D eigenvalue weighted by atomic mass is 16.5. The predicted molar refractivity (Wildman–Crippen MR) is 86.4 cm³/mol. The Hall–Kier alpha value is -2.14. The van der Waals surface area contributed by atoms with Gasteiger partial charge in [0.05, 0.1) is 13.2 Å². The zero-order chi connectivity index (χ0) is 15.8. The Morgan fingerprint density at radius 3 is 3.04 bits per heavy atom. The summed E-state index contributed by atoms with van der Waals surface area (Å²) in [6.45, 7) is 3.63. The minimum atomic E-state index is -0.141. The largest absolute Gasteiger partial charge is 0.377 e. The van der Waals surface area contributed by atoms with Gasteiger partial charge in [0, 0.05) is 24.0 Å². The van der Waals surface area contributed by atoms with Gasteiger partial charge in [-0.05, 0) is 49.4 Å².